The van der Waals surface area contributed by atoms with Gasteiger partial charge in [0.15, 0.2) is 0 Å². The van der Waals surface area contributed by atoms with Crippen molar-refractivity contribution >= 4 is 0 Å². The summed E-state index contributed by atoms with van der Waals surface area (Å²) in [6, 6.07) is 3.41. The topological polar surface area (TPSA) is 42.2 Å². The molecular formula is C9H13NO2. The van der Waals surface area contributed by atoms with E-state index in [0.717, 1.165) is 5.56 Å². The Morgan fingerprint density at radius 3 is 2.83 bits per heavy atom. The SMILES string of the molecule is Cc1ccn(C[C@@H](C)O)c(=O)c1. The Bertz CT molecular complexity index is 315. The number of hydrogen-bond donors (Lipinski definition) is 1. The average molecular weight is 167 g/mol. The van der Waals surface area contributed by atoms with Gasteiger partial charge in [-0.1, -0.05) is 0 Å². The Morgan fingerprint density at radius 2 is 2.33 bits per heavy atom. The molecule has 3 heteroatoms. The zero-order chi connectivity index (χ0) is 9.14. The molecule has 0 saturated heterocycles. The maximum Gasteiger partial charge on any atom is 0.250 e. The smallest absolute Gasteiger partial charge is 0.250 e. The van der Waals surface area contributed by atoms with E-state index in [1.165, 1.54) is 4.57 Å². The third-order valence-electron chi connectivity index (χ3n) is 1.61. The second-order valence-electron chi connectivity index (χ2n) is 3.04. The molecular weight excluding hydrogens is 154 g/mol. The van der Waals surface area contributed by atoms with E-state index in [1.54, 1.807) is 19.2 Å². The van der Waals surface area contributed by atoms with E-state index in [4.69, 9.17) is 5.11 Å². The first kappa shape index (κ1) is 9.00. The van der Waals surface area contributed by atoms with Gasteiger partial charge in [-0.25, -0.2) is 0 Å². The van der Waals surface area contributed by atoms with Crippen LogP contribution in [0, 0.1) is 6.92 Å². The third kappa shape index (κ3) is 2.20. The molecule has 0 amide bonds. The van der Waals surface area contributed by atoms with Crippen molar-refractivity contribution in [2.24, 2.45) is 0 Å². The predicted molar refractivity (Wildman–Crippen MR) is 47.1 cm³/mol. The first-order valence-corrected chi connectivity index (χ1v) is 3.95. The second kappa shape index (κ2) is 3.54. The molecule has 0 spiro atoms. The highest BCUT2D eigenvalue weighted by Gasteiger charge is 1.99. The van der Waals surface area contributed by atoms with Crippen LogP contribution in [0.25, 0.3) is 0 Å². The lowest BCUT2D eigenvalue weighted by Crippen LogP contribution is -2.24. The molecule has 66 valence electrons. The molecule has 1 heterocycles. The summed E-state index contributed by atoms with van der Waals surface area (Å²) in [5.74, 6) is 0. The van der Waals surface area contributed by atoms with Crippen LogP contribution in [-0.4, -0.2) is 15.8 Å². The molecule has 1 aromatic rings. The van der Waals surface area contributed by atoms with Crippen LogP contribution in [0.5, 0.6) is 0 Å². The van der Waals surface area contributed by atoms with Crippen molar-refractivity contribution in [3.05, 3.63) is 34.2 Å². The molecule has 0 unspecified atom stereocenters. The Kier molecular flexibility index (Phi) is 2.65. The number of aromatic nitrogens is 1. The van der Waals surface area contributed by atoms with E-state index in [0.29, 0.717) is 6.54 Å². The Balaban J connectivity index is 2.94. The lowest BCUT2D eigenvalue weighted by Gasteiger charge is -2.07. The molecule has 1 aromatic heterocycles. The van der Waals surface area contributed by atoms with Gasteiger partial charge in [0.25, 0.3) is 5.56 Å². The van der Waals surface area contributed by atoms with Gasteiger partial charge < -0.3 is 9.67 Å². The summed E-state index contributed by atoms with van der Waals surface area (Å²) in [5.41, 5.74) is 0.887. The van der Waals surface area contributed by atoms with Crippen LogP contribution >= 0.6 is 0 Å². The minimum atomic E-state index is -0.481. The second-order valence-corrected chi connectivity index (χ2v) is 3.04. The van der Waals surface area contributed by atoms with Gasteiger partial charge in [-0.05, 0) is 25.5 Å². The fourth-order valence-electron chi connectivity index (χ4n) is 1.04. The summed E-state index contributed by atoms with van der Waals surface area (Å²) in [6.45, 7) is 3.89. The number of aryl methyl sites for hydroxylation is 1. The van der Waals surface area contributed by atoms with E-state index in [9.17, 15) is 4.79 Å². The molecule has 0 saturated carbocycles. The first-order chi connectivity index (χ1) is 5.59. The number of pyridine rings is 1. The van der Waals surface area contributed by atoms with Crippen molar-refractivity contribution in [1.29, 1.82) is 0 Å². The van der Waals surface area contributed by atoms with E-state index >= 15 is 0 Å². The molecule has 0 bridgehead atoms. The van der Waals surface area contributed by atoms with Crippen LogP contribution in [-0.2, 0) is 6.54 Å². The molecule has 1 atom stereocenters. The van der Waals surface area contributed by atoms with Gasteiger partial charge in [0.2, 0.25) is 0 Å². The van der Waals surface area contributed by atoms with E-state index in [2.05, 4.69) is 0 Å². The number of hydrogen-bond acceptors (Lipinski definition) is 2. The van der Waals surface area contributed by atoms with E-state index in [-0.39, 0.29) is 5.56 Å². The molecule has 3 nitrogen and oxygen atoms in total. The molecule has 0 aliphatic carbocycles. The van der Waals surface area contributed by atoms with Crippen molar-refractivity contribution in [1.82, 2.24) is 4.57 Å². The molecule has 12 heavy (non-hydrogen) atoms. The zero-order valence-corrected chi connectivity index (χ0v) is 7.32. The van der Waals surface area contributed by atoms with Crippen molar-refractivity contribution in [2.75, 3.05) is 0 Å². The normalized spacial score (nSPS) is 12.9. The molecule has 0 aliphatic rings. The van der Waals surface area contributed by atoms with Gasteiger partial charge >= 0.3 is 0 Å². The van der Waals surface area contributed by atoms with Gasteiger partial charge in [-0.2, -0.15) is 0 Å². The highest BCUT2D eigenvalue weighted by atomic mass is 16.3. The summed E-state index contributed by atoms with van der Waals surface area (Å²) in [4.78, 5) is 11.2. The van der Waals surface area contributed by atoms with Crippen LogP contribution in [0.1, 0.15) is 12.5 Å². The Labute approximate surface area is 71.3 Å². The minimum absolute atomic E-state index is 0.0594. The molecule has 0 radical (unpaired) electrons. The van der Waals surface area contributed by atoms with Gasteiger partial charge in [-0.3, -0.25) is 4.79 Å². The van der Waals surface area contributed by atoms with E-state index in [1.807, 2.05) is 13.0 Å². The van der Waals surface area contributed by atoms with Crippen LogP contribution in [0.15, 0.2) is 23.1 Å². The average Bonchev–Trinajstić information content (AvgIpc) is 1.94. The summed E-state index contributed by atoms with van der Waals surface area (Å²) >= 11 is 0. The zero-order valence-electron chi connectivity index (χ0n) is 7.32. The van der Waals surface area contributed by atoms with Gasteiger partial charge in [0, 0.05) is 12.3 Å². The molecule has 1 rings (SSSR count). The molecule has 0 aliphatic heterocycles. The van der Waals surface area contributed by atoms with Gasteiger partial charge in [-0.15, -0.1) is 0 Å². The van der Waals surface area contributed by atoms with Gasteiger partial charge in [0.1, 0.15) is 0 Å². The predicted octanol–water partition coefficient (Wildman–Crippen LogP) is 0.538. The highest BCUT2D eigenvalue weighted by molar-refractivity contribution is 5.07. The van der Waals surface area contributed by atoms with Crippen LogP contribution in [0.3, 0.4) is 0 Å². The number of aliphatic hydroxyl groups is 1. The van der Waals surface area contributed by atoms with E-state index < -0.39 is 6.10 Å². The van der Waals surface area contributed by atoms with Crippen molar-refractivity contribution < 1.29 is 5.11 Å². The summed E-state index contributed by atoms with van der Waals surface area (Å²) < 4.78 is 1.50. The minimum Gasteiger partial charge on any atom is -0.392 e. The fraction of sp³-hybridized carbons (Fsp3) is 0.444. The lowest BCUT2D eigenvalue weighted by molar-refractivity contribution is 0.172. The lowest BCUT2D eigenvalue weighted by atomic mass is 10.3. The summed E-state index contributed by atoms with van der Waals surface area (Å²) in [6.07, 6.45) is 1.22. The van der Waals surface area contributed by atoms with Crippen molar-refractivity contribution in [3.63, 3.8) is 0 Å². The number of aliphatic hydroxyl groups excluding tert-OH is 1. The number of nitrogens with zero attached hydrogens (tertiary/aromatic N) is 1. The van der Waals surface area contributed by atoms with Gasteiger partial charge in [0.05, 0.1) is 12.6 Å². The maximum atomic E-state index is 11.2. The summed E-state index contributed by atoms with van der Waals surface area (Å²) in [5, 5.41) is 9.04. The Hall–Kier alpha value is -1.09. The summed E-state index contributed by atoms with van der Waals surface area (Å²) in [7, 11) is 0. The molecule has 0 fully saturated rings. The molecule has 0 aromatic carbocycles. The largest absolute Gasteiger partial charge is 0.392 e. The van der Waals surface area contributed by atoms with Crippen LogP contribution in [0.4, 0.5) is 0 Å². The fourth-order valence-corrected chi connectivity index (χ4v) is 1.04. The Morgan fingerprint density at radius 1 is 1.67 bits per heavy atom. The quantitative estimate of drug-likeness (QED) is 0.698. The van der Waals surface area contributed by atoms with Crippen molar-refractivity contribution in [2.45, 2.75) is 26.5 Å². The first-order valence-electron chi connectivity index (χ1n) is 3.95. The number of rotatable bonds is 2. The van der Waals surface area contributed by atoms with Crippen LogP contribution < -0.4 is 5.56 Å². The molecule has 1 N–H and O–H groups in total. The van der Waals surface area contributed by atoms with Crippen LogP contribution in [0.2, 0.25) is 0 Å². The standard InChI is InChI=1S/C9H13NO2/c1-7-3-4-10(6-8(2)11)9(12)5-7/h3-5,8,11H,6H2,1-2H3/t8-/m1/s1. The third-order valence-corrected chi connectivity index (χ3v) is 1.61. The highest BCUT2D eigenvalue weighted by Crippen LogP contribution is 1.92. The monoisotopic (exact) mass is 167 g/mol. The maximum absolute atomic E-state index is 11.2. The van der Waals surface area contributed by atoms with Crippen molar-refractivity contribution in [3.8, 4) is 0 Å².